The van der Waals surface area contributed by atoms with Gasteiger partial charge in [-0.15, -0.1) is 0 Å². The van der Waals surface area contributed by atoms with E-state index >= 15 is 0 Å². The molecule has 3 aromatic rings. The zero-order chi connectivity index (χ0) is 16.8. The molecule has 2 unspecified atom stereocenters. The van der Waals surface area contributed by atoms with E-state index in [9.17, 15) is 0 Å². The maximum Gasteiger partial charge on any atom is 0.121 e. The zero-order valence-corrected chi connectivity index (χ0v) is 14.1. The fourth-order valence-corrected chi connectivity index (χ4v) is 2.61. The molecule has 0 amide bonds. The van der Waals surface area contributed by atoms with Gasteiger partial charge in [-0.25, -0.2) is 0 Å². The van der Waals surface area contributed by atoms with Crippen LogP contribution in [0.1, 0.15) is 37.2 Å². The van der Waals surface area contributed by atoms with E-state index in [4.69, 9.17) is 9.47 Å². The minimum Gasteiger partial charge on any atom is -0.486 e. The first kappa shape index (κ1) is 16.1. The van der Waals surface area contributed by atoms with Crippen molar-refractivity contribution in [2.24, 2.45) is 0 Å². The summed E-state index contributed by atoms with van der Waals surface area (Å²) in [5, 5.41) is 0. The molecule has 2 nitrogen and oxygen atoms in total. The minimum absolute atomic E-state index is 0.00629. The number of ether oxygens (including phenoxy) is 2. The van der Waals surface area contributed by atoms with Crippen LogP contribution in [0.2, 0.25) is 0 Å². The lowest BCUT2D eigenvalue weighted by atomic mass is 10.1. The number of hydrogen-bond donors (Lipinski definition) is 0. The number of benzene rings is 3. The number of hydrogen-bond acceptors (Lipinski definition) is 2. The Morgan fingerprint density at radius 1 is 0.542 bits per heavy atom. The summed E-state index contributed by atoms with van der Waals surface area (Å²) in [4.78, 5) is 0. The highest BCUT2D eigenvalue weighted by Crippen LogP contribution is 2.27. The molecule has 2 heteroatoms. The highest BCUT2D eigenvalue weighted by atomic mass is 16.5. The maximum absolute atomic E-state index is 6.09. The third kappa shape index (κ3) is 4.17. The molecule has 0 spiro atoms. The summed E-state index contributed by atoms with van der Waals surface area (Å²) in [6.07, 6.45) is -0.0326. The van der Waals surface area contributed by atoms with Crippen LogP contribution in [0.3, 0.4) is 0 Å². The van der Waals surface area contributed by atoms with Crippen LogP contribution in [0.25, 0.3) is 0 Å². The fraction of sp³-hybridized carbons (Fsp3) is 0.182. The third-order valence-corrected chi connectivity index (χ3v) is 3.97. The largest absolute Gasteiger partial charge is 0.486 e. The second kappa shape index (κ2) is 7.69. The summed E-state index contributed by atoms with van der Waals surface area (Å²) in [7, 11) is 0. The molecular formula is C22H22O2. The molecule has 0 heterocycles. The molecule has 2 atom stereocenters. The summed E-state index contributed by atoms with van der Waals surface area (Å²) in [6.45, 7) is 4.11. The van der Waals surface area contributed by atoms with Crippen LogP contribution in [-0.4, -0.2) is 0 Å². The van der Waals surface area contributed by atoms with Gasteiger partial charge in [-0.2, -0.15) is 0 Å². The van der Waals surface area contributed by atoms with Gasteiger partial charge < -0.3 is 9.47 Å². The van der Waals surface area contributed by atoms with E-state index in [1.165, 1.54) is 0 Å². The van der Waals surface area contributed by atoms with Crippen molar-refractivity contribution in [3.63, 3.8) is 0 Å². The van der Waals surface area contributed by atoms with Gasteiger partial charge in [0.1, 0.15) is 23.7 Å². The lowest BCUT2D eigenvalue weighted by molar-refractivity contribution is 0.217. The summed E-state index contributed by atoms with van der Waals surface area (Å²) in [5.74, 6) is 1.72. The van der Waals surface area contributed by atoms with Crippen molar-refractivity contribution in [1.29, 1.82) is 0 Å². The van der Waals surface area contributed by atoms with E-state index in [0.29, 0.717) is 0 Å². The summed E-state index contributed by atoms with van der Waals surface area (Å²) in [5.41, 5.74) is 2.26. The maximum atomic E-state index is 6.09. The Morgan fingerprint density at radius 3 is 1.75 bits per heavy atom. The third-order valence-electron chi connectivity index (χ3n) is 3.97. The molecule has 0 aliphatic rings. The summed E-state index contributed by atoms with van der Waals surface area (Å²) in [6, 6.07) is 28.2. The second-order valence-corrected chi connectivity index (χ2v) is 5.82. The van der Waals surface area contributed by atoms with Crippen molar-refractivity contribution in [2.45, 2.75) is 26.1 Å². The van der Waals surface area contributed by atoms with Crippen molar-refractivity contribution >= 4 is 0 Å². The molecule has 0 aliphatic heterocycles. The molecular weight excluding hydrogens is 296 g/mol. The average molecular weight is 318 g/mol. The Morgan fingerprint density at radius 2 is 1.04 bits per heavy atom. The normalized spacial score (nSPS) is 13.1. The van der Waals surface area contributed by atoms with Crippen LogP contribution in [0, 0.1) is 0 Å². The van der Waals surface area contributed by atoms with Crippen LogP contribution in [0.15, 0.2) is 84.9 Å². The Hall–Kier alpha value is -2.74. The minimum atomic E-state index is -0.0389. The topological polar surface area (TPSA) is 18.5 Å². The van der Waals surface area contributed by atoms with Crippen LogP contribution in [-0.2, 0) is 0 Å². The number of rotatable bonds is 6. The first-order valence-corrected chi connectivity index (χ1v) is 8.25. The monoisotopic (exact) mass is 318 g/mol. The predicted molar refractivity (Wildman–Crippen MR) is 97.4 cm³/mol. The predicted octanol–water partition coefficient (Wildman–Crippen LogP) is 5.97. The summed E-state index contributed by atoms with van der Waals surface area (Å²) < 4.78 is 12.1. The van der Waals surface area contributed by atoms with Crippen molar-refractivity contribution in [2.75, 3.05) is 0 Å². The molecule has 0 saturated heterocycles. The van der Waals surface area contributed by atoms with Crippen LogP contribution < -0.4 is 9.47 Å². The van der Waals surface area contributed by atoms with Gasteiger partial charge in [0.05, 0.1) is 0 Å². The molecule has 0 bridgehead atoms. The molecule has 0 aromatic heterocycles. The van der Waals surface area contributed by atoms with Gasteiger partial charge in [0.25, 0.3) is 0 Å². The van der Waals surface area contributed by atoms with E-state index in [1.807, 2.05) is 73.7 Å². The Kier molecular flexibility index (Phi) is 5.17. The molecule has 24 heavy (non-hydrogen) atoms. The van der Waals surface area contributed by atoms with E-state index < -0.39 is 0 Å². The molecule has 0 radical (unpaired) electrons. The van der Waals surface area contributed by atoms with Crippen molar-refractivity contribution in [3.05, 3.63) is 96.1 Å². The van der Waals surface area contributed by atoms with Crippen LogP contribution in [0.5, 0.6) is 11.5 Å². The lowest BCUT2D eigenvalue weighted by Gasteiger charge is -2.18. The molecule has 0 fully saturated rings. The highest BCUT2D eigenvalue weighted by molar-refractivity contribution is 5.32. The van der Waals surface area contributed by atoms with E-state index in [1.54, 1.807) is 0 Å². The van der Waals surface area contributed by atoms with Gasteiger partial charge in [-0.3, -0.25) is 0 Å². The van der Waals surface area contributed by atoms with Crippen molar-refractivity contribution < 1.29 is 9.47 Å². The smallest absolute Gasteiger partial charge is 0.121 e. The average Bonchev–Trinajstić information content (AvgIpc) is 2.63. The van der Waals surface area contributed by atoms with Gasteiger partial charge in [-0.05, 0) is 49.2 Å². The van der Waals surface area contributed by atoms with Gasteiger partial charge in [0.15, 0.2) is 0 Å². The molecule has 3 aromatic carbocycles. The van der Waals surface area contributed by atoms with Crippen molar-refractivity contribution in [3.8, 4) is 11.5 Å². The molecule has 0 saturated carbocycles. The second-order valence-electron chi connectivity index (χ2n) is 5.82. The van der Waals surface area contributed by atoms with Crippen molar-refractivity contribution in [1.82, 2.24) is 0 Å². The molecule has 3 rings (SSSR count). The SMILES string of the molecule is CC(Oc1cccc(C(C)Oc2ccccc2)c1)c1ccccc1. The Balaban J connectivity index is 1.69. The standard InChI is InChI=1S/C22H22O2/c1-17(19-10-5-3-6-11-19)24-22-15-9-12-20(16-22)18(2)23-21-13-7-4-8-14-21/h3-18H,1-2H3. The number of para-hydroxylation sites is 1. The van der Waals surface area contributed by atoms with Gasteiger partial charge >= 0.3 is 0 Å². The first-order valence-electron chi connectivity index (χ1n) is 8.25. The molecule has 0 N–H and O–H groups in total. The van der Waals surface area contributed by atoms with E-state index in [-0.39, 0.29) is 12.2 Å². The van der Waals surface area contributed by atoms with Crippen LogP contribution in [0.4, 0.5) is 0 Å². The van der Waals surface area contributed by atoms with E-state index in [2.05, 4.69) is 25.1 Å². The van der Waals surface area contributed by atoms with Gasteiger partial charge in [0, 0.05) is 0 Å². The van der Waals surface area contributed by atoms with E-state index in [0.717, 1.165) is 22.6 Å². The molecule has 122 valence electrons. The highest BCUT2D eigenvalue weighted by Gasteiger charge is 2.11. The summed E-state index contributed by atoms with van der Waals surface area (Å²) >= 11 is 0. The van der Waals surface area contributed by atoms with Gasteiger partial charge in [0.2, 0.25) is 0 Å². The Bertz CT molecular complexity index is 753. The Labute approximate surface area is 143 Å². The fourth-order valence-electron chi connectivity index (χ4n) is 2.61. The van der Waals surface area contributed by atoms with Gasteiger partial charge in [-0.1, -0.05) is 60.7 Å². The first-order chi connectivity index (χ1) is 11.7. The zero-order valence-electron chi connectivity index (χ0n) is 14.1. The molecule has 0 aliphatic carbocycles. The van der Waals surface area contributed by atoms with Crippen LogP contribution >= 0.6 is 0 Å². The lowest BCUT2D eigenvalue weighted by Crippen LogP contribution is -2.05. The quantitative estimate of drug-likeness (QED) is 0.557.